The van der Waals surface area contributed by atoms with Crippen molar-refractivity contribution in [1.82, 2.24) is 10.3 Å². The maximum absolute atomic E-state index is 13.2. The van der Waals surface area contributed by atoms with Crippen molar-refractivity contribution in [3.05, 3.63) is 83.1 Å². The van der Waals surface area contributed by atoms with Crippen molar-refractivity contribution in [2.75, 3.05) is 0 Å². The molecule has 2 aromatic heterocycles. The van der Waals surface area contributed by atoms with Gasteiger partial charge in [0.05, 0.1) is 0 Å². The largest absolute Gasteiger partial charge is 0.453 e. The van der Waals surface area contributed by atoms with Crippen molar-refractivity contribution >= 4 is 16.8 Å². The van der Waals surface area contributed by atoms with Crippen LogP contribution >= 0.6 is 0 Å². The summed E-state index contributed by atoms with van der Waals surface area (Å²) in [4.78, 5) is 15.5. The summed E-state index contributed by atoms with van der Waals surface area (Å²) >= 11 is 0. The molecule has 28 heavy (non-hydrogen) atoms. The highest BCUT2D eigenvalue weighted by Gasteiger charge is 2.13. The number of amides is 1. The first kappa shape index (κ1) is 18.0. The Morgan fingerprint density at radius 3 is 2.64 bits per heavy atom. The van der Waals surface area contributed by atoms with E-state index in [-0.39, 0.29) is 24.1 Å². The topological polar surface area (TPSA) is 78.3 Å². The molecule has 5 nitrogen and oxygen atoms in total. The number of carbonyl (C=O) groups excluding carboxylic acids is 1. The number of H-pyrrole nitrogens is 1. The van der Waals surface area contributed by atoms with Gasteiger partial charge in [-0.1, -0.05) is 6.07 Å². The summed E-state index contributed by atoms with van der Waals surface area (Å²) in [5.74, 6) is -0.0832. The molecule has 0 atom stereocenters. The highest BCUT2D eigenvalue weighted by atomic mass is 19.1. The number of carbonyl (C=O) groups is 1. The Morgan fingerprint density at radius 2 is 1.93 bits per heavy atom. The van der Waals surface area contributed by atoms with Crippen LogP contribution in [0.4, 0.5) is 4.39 Å². The number of aromatic amines is 1. The van der Waals surface area contributed by atoms with Crippen LogP contribution in [0, 0.1) is 12.7 Å². The van der Waals surface area contributed by atoms with Gasteiger partial charge < -0.3 is 19.8 Å². The average molecular weight is 378 g/mol. The summed E-state index contributed by atoms with van der Waals surface area (Å²) in [5, 5.41) is 12.9. The van der Waals surface area contributed by atoms with E-state index in [0.717, 1.165) is 33.3 Å². The summed E-state index contributed by atoms with van der Waals surface area (Å²) in [7, 11) is 0. The highest BCUT2D eigenvalue weighted by molar-refractivity contribution is 5.92. The Bertz CT molecular complexity index is 1140. The minimum Gasteiger partial charge on any atom is -0.453 e. The fraction of sp³-hybridized carbons (Fsp3) is 0.136. The second kappa shape index (κ2) is 7.32. The van der Waals surface area contributed by atoms with Gasteiger partial charge in [-0.2, -0.15) is 0 Å². The smallest absolute Gasteiger partial charge is 0.287 e. The number of fused-ring (bicyclic) bond motifs is 1. The Hall–Kier alpha value is -3.38. The summed E-state index contributed by atoms with van der Waals surface area (Å²) in [6, 6.07) is 15.4. The average Bonchev–Trinajstić information content (AvgIpc) is 3.32. The maximum Gasteiger partial charge on any atom is 0.287 e. The SMILES string of the molecule is Cc1c(-c2ccc(F)cc2)[nH]c2ccc(CNC(=O)c3ccc(CO)o3)cc12. The molecule has 1 amide bonds. The minimum absolute atomic E-state index is 0.168. The molecule has 2 aromatic carbocycles. The lowest BCUT2D eigenvalue weighted by molar-refractivity contribution is 0.0918. The van der Waals surface area contributed by atoms with Gasteiger partial charge in [0.15, 0.2) is 5.76 Å². The van der Waals surface area contributed by atoms with Gasteiger partial charge in [-0.25, -0.2) is 4.39 Å². The molecule has 0 saturated carbocycles. The molecule has 2 heterocycles. The summed E-state index contributed by atoms with van der Waals surface area (Å²) in [5.41, 5.74) is 4.85. The molecule has 0 fully saturated rings. The Morgan fingerprint density at radius 1 is 1.14 bits per heavy atom. The molecule has 0 aliphatic heterocycles. The van der Waals surface area contributed by atoms with Crippen LogP contribution in [0.1, 0.15) is 27.4 Å². The van der Waals surface area contributed by atoms with Crippen LogP contribution in [0.3, 0.4) is 0 Å². The third-order valence-electron chi connectivity index (χ3n) is 4.75. The summed E-state index contributed by atoms with van der Waals surface area (Å²) in [6.45, 7) is 2.12. The van der Waals surface area contributed by atoms with Crippen LogP contribution in [0.5, 0.6) is 0 Å². The van der Waals surface area contributed by atoms with Gasteiger partial charge in [0.25, 0.3) is 5.91 Å². The molecule has 6 heteroatoms. The van der Waals surface area contributed by atoms with Crippen molar-refractivity contribution in [3.63, 3.8) is 0 Å². The standard InChI is InChI=1S/C22H19FN2O3/c1-13-18-10-14(11-24-22(27)20-9-7-17(12-26)28-20)2-8-19(18)25-21(13)15-3-5-16(23)6-4-15/h2-10,25-26H,11-12H2,1H3,(H,24,27). The fourth-order valence-electron chi connectivity index (χ4n) is 3.24. The highest BCUT2D eigenvalue weighted by Crippen LogP contribution is 2.30. The van der Waals surface area contributed by atoms with E-state index >= 15 is 0 Å². The van der Waals surface area contributed by atoms with Crippen LogP contribution in [-0.2, 0) is 13.2 Å². The molecule has 3 N–H and O–H groups in total. The number of benzene rings is 2. The van der Waals surface area contributed by atoms with Crippen molar-refractivity contribution in [3.8, 4) is 11.3 Å². The minimum atomic E-state index is -0.336. The molecule has 0 saturated heterocycles. The first-order valence-corrected chi connectivity index (χ1v) is 8.90. The monoisotopic (exact) mass is 378 g/mol. The molecular weight excluding hydrogens is 359 g/mol. The Labute approximate surface area is 160 Å². The lowest BCUT2D eigenvalue weighted by Gasteiger charge is -2.04. The number of rotatable bonds is 5. The van der Waals surface area contributed by atoms with Gasteiger partial charge in [0.1, 0.15) is 18.2 Å². The van der Waals surface area contributed by atoms with E-state index in [1.54, 1.807) is 18.2 Å². The first-order valence-electron chi connectivity index (χ1n) is 8.90. The second-order valence-electron chi connectivity index (χ2n) is 6.62. The molecule has 0 radical (unpaired) electrons. The summed E-state index contributed by atoms with van der Waals surface area (Å²) < 4.78 is 18.4. The van der Waals surface area contributed by atoms with E-state index in [1.807, 2.05) is 25.1 Å². The zero-order chi connectivity index (χ0) is 19.7. The third-order valence-corrected chi connectivity index (χ3v) is 4.75. The molecule has 0 aliphatic carbocycles. The number of hydrogen-bond acceptors (Lipinski definition) is 3. The lowest BCUT2D eigenvalue weighted by Crippen LogP contribution is -2.22. The van der Waals surface area contributed by atoms with Gasteiger partial charge in [-0.05, 0) is 72.1 Å². The lowest BCUT2D eigenvalue weighted by atomic mass is 10.0. The van der Waals surface area contributed by atoms with Crippen molar-refractivity contribution in [1.29, 1.82) is 0 Å². The van der Waals surface area contributed by atoms with Crippen molar-refractivity contribution < 1.29 is 18.7 Å². The third kappa shape index (κ3) is 3.42. The molecular formula is C22H19FN2O3. The molecule has 0 unspecified atom stereocenters. The predicted octanol–water partition coefficient (Wildman–Crippen LogP) is 4.30. The van der Waals surface area contributed by atoms with Gasteiger partial charge in [0, 0.05) is 23.1 Å². The van der Waals surface area contributed by atoms with Gasteiger partial charge in [-0.3, -0.25) is 4.79 Å². The molecule has 0 spiro atoms. The van der Waals surface area contributed by atoms with E-state index < -0.39 is 0 Å². The first-order chi connectivity index (χ1) is 13.5. The Kier molecular flexibility index (Phi) is 4.71. The van der Waals surface area contributed by atoms with E-state index in [4.69, 9.17) is 9.52 Å². The Balaban J connectivity index is 1.55. The fourth-order valence-corrected chi connectivity index (χ4v) is 3.24. The van der Waals surface area contributed by atoms with Gasteiger partial charge in [-0.15, -0.1) is 0 Å². The van der Waals surface area contributed by atoms with E-state index in [2.05, 4.69) is 10.3 Å². The molecule has 0 bridgehead atoms. The number of nitrogens with one attached hydrogen (secondary N) is 2. The van der Waals surface area contributed by atoms with Crippen LogP contribution in [-0.4, -0.2) is 16.0 Å². The zero-order valence-electron chi connectivity index (χ0n) is 15.3. The second-order valence-corrected chi connectivity index (χ2v) is 6.62. The molecule has 4 aromatic rings. The van der Waals surface area contributed by atoms with E-state index in [9.17, 15) is 9.18 Å². The number of halogens is 1. The van der Waals surface area contributed by atoms with Gasteiger partial charge >= 0.3 is 0 Å². The van der Waals surface area contributed by atoms with Gasteiger partial charge in [0.2, 0.25) is 0 Å². The van der Waals surface area contributed by atoms with Crippen LogP contribution in [0.25, 0.3) is 22.2 Å². The molecule has 4 rings (SSSR count). The zero-order valence-corrected chi connectivity index (χ0v) is 15.3. The van der Waals surface area contributed by atoms with Crippen LogP contribution in [0.2, 0.25) is 0 Å². The van der Waals surface area contributed by atoms with Crippen molar-refractivity contribution in [2.45, 2.75) is 20.1 Å². The van der Waals surface area contributed by atoms with Crippen LogP contribution < -0.4 is 5.32 Å². The van der Waals surface area contributed by atoms with Crippen LogP contribution in [0.15, 0.2) is 59.0 Å². The normalized spacial score (nSPS) is 11.1. The van der Waals surface area contributed by atoms with Crippen molar-refractivity contribution in [2.24, 2.45) is 0 Å². The quantitative estimate of drug-likeness (QED) is 0.485. The number of hydrogen-bond donors (Lipinski definition) is 3. The van der Waals surface area contributed by atoms with E-state index in [0.29, 0.717) is 12.3 Å². The molecule has 142 valence electrons. The van der Waals surface area contributed by atoms with E-state index in [1.165, 1.54) is 18.2 Å². The number of aryl methyl sites for hydroxylation is 1. The maximum atomic E-state index is 13.2. The number of furan rings is 1. The predicted molar refractivity (Wildman–Crippen MR) is 104 cm³/mol. The molecule has 0 aliphatic rings. The number of aliphatic hydroxyl groups excluding tert-OH is 1. The number of aromatic nitrogens is 1. The summed E-state index contributed by atoms with van der Waals surface area (Å²) in [6.07, 6.45) is 0. The number of aliphatic hydroxyl groups is 1.